The molecule has 1 aliphatic carbocycles. The van der Waals surface area contributed by atoms with E-state index >= 15 is 0 Å². The minimum absolute atomic E-state index is 0.0757. The number of nitrogens with zero attached hydrogens (tertiary/aromatic N) is 1. The first kappa shape index (κ1) is 8.53. The molecule has 0 spiro atoms. The average Bonchev–Trinajstić information content (AvgIpc) is 2.81. The number of aliphatic hydroxyl groups excluding tert-OH is 1. The van der Waals surface area contributed by atoms with Gasteiger partial charge in [0.25, 0.3) is 0 Å². The summed E-state index contributed by atoms with van der Waals surface area (Å²) in [7, 11) is 0. The molecule has 1 saturated carbocycles. The van der Waals surface area contributed by atoms with Crippen LogP contribution in [0.5, 0.6) is 0 Å². The van der Waals surface area contributed by atoms with Crippen molar-refractivity contribution in [3.8, 4) is 0 Å². The van der Waals surface area contributed by atoms with Gasteiger partial charge in [0.2, 0.25) is 5.91 Å². The Kier molecular flexibility index (Phi) is 2.88. The molecule has 1 aliphatic rings. The monoisotopic (exact) mass is 157 g/mol. The summed E-state index contributed by atoms with van der Waals surface area (Å²) in [5.41, 5.74) is 0. The SMILES string of the molecule is CCN(CCO)C(=O)C1CC1. The van der Waals surface area contributed by atoms with E-state index in [1.165, 1.54) is 0 Å². The molecule has 0 aliphatic heterocycles. The predicted molar refractivity (Wildman–Crippen MR) is 42.1 cm³/mol. The largest absolute Gasteiger partial charge is 0.395 e. The first-order valence-electron chi connectivity index (χ1n) is 4.19. The third-order valence-corrected chi connectivity index (χ3v) is 1.99. The molecule has 1 N–H and O–H groups in total. The fourth-order valence-corrected chi connectivity index (χ4v) is 1.13. The van der Waals surface area contributed by atoms with Crippen LogP contribution in [0.15, 0.2) is 0 Å². The van der Waals surface area contributed by atoms with Gasteiger partial charge in [-0.25, -0.2) is 0 Å². The fourth-order valence-electron chi connectivity index (χ4n) is 1.13. The lowest BCUT2D eigenvalue weighted by molar-refractivity contribution is -0.132. The highest BCUT2D eigenvalue weighted by Gasteiger charge is 2.32. The first-order valence-corrected chi connectivity index (χ1v) is 4.19. The highest BCUT2D eigenvalue weighted by Crippen LogP contribution is 2.30. The topological polar surface area (TPSA) is 40.5 Å². The number of likely N-dealkylation sites (N-methyl/N-ethyl adjacent to an activating group) is 1. The molecule has 0 aromatic rings. The summed E-state index contributed by atoms with van der Waals surface area (Å²) in [5.74, 6) is 0.503. The van der Waals surface area contributed by atoms with Crippen molar-refractivity contribution in [3.05, 3.63) is 0 Å². The van der Waals surface area contributed by atoms with E-state index in [-0.39, 0.29) is 18.4 Å². The summed E-state index contributed by atoms with van der Waals surface area (Å²) in [6, 6.07) is 0. The van der Waals surface area contributed by atoms with Gasteiger partial charge in [-0.2, -0.15) is 0 Å². The summed E-state index contributed by atoms with van der Waals surface area (Å²) >= 11 is 0. The first-order chi connectivity index (χ1) is 5.29. The molecule has 0 bridgehead atoms. The van der Waals surface area contributed by atoms with Gasteiger partial charge in [0.05, 0.1) is 6.61 Å². The van der Waals surface area contributed by atoms with Crippen molar-refractivity contribution in [3.63, 3.8) is 0 Å². The Morgan fingerprint density at radius 1 is 1.64 bits per heavy atom. The number of hydrogen-bond acceptors (Lipinski definition) is 2. The molecule has 0 saturated heterocycles. The standard InChI is InChI=1S/C8H15NO2/c1-2-9(5-6-10)8(11)7-3-4-7/h7,10H,2-6H2,1H3. The zero-order valence-electron chi connectivity index (χ0n) is 6.92. The highest BCUT2D eigenvalue weighted by atomic mass is 16.3. The third kappa shape index (κ3) is 2.19. The molecule has 1 fully saturated rings. The maximum Gasteiger partial charge on any atom is 0.225 e. The van der Waals surface area contributed by atoms with Crippen LogP contribution in [-0.2, 0) is 4.79 Å². The van der Waals surface area contributed by atoms with Crippen LogP contribution in [-0.4, -0.2) is 35.6 Å². The van der Waals surface area contributed by atoms with E-state index in [1.54, 1.807) is 4.90 Å². The Hall–Kier alpha value is -0.570. The Morgan fingerprint density at radius 3 is 2.64 bits per heavy atom. The fraction of sp³-hybridized carbons (Fsp3) is 0.875. The maximum atomic E-state index is 11.3. The zero-order chi connectivity index (χ0) is 8.27. The van der Waals surface area contributed by atoms with E-state index in [4.69, 9.17) is 5.11 Å². The molecule has 0 atom stereocenters. The van der Waals surface area contributed by atoms with E-state index < -0.39 is 0 Å². The van der Waals surface area contributed by atoms with Crippen molar-refractivity contribution in [2.45, 2.75) is 19.8 Å². The van der Waals surface area contributed by atoms with Crippen molar-refractivity contribution in [1.82, 2.24) is 4.90 Å². The van der Waals surface area contributed by atoms with Crippen molar-refractivity contribution < 1.29 is 9.90 Å². The van der Waals surface area contributed by atoms with Crippen LogP contribution in [0.3, 0.4) is 0 Å². The Morgan fingerprint density at radius 2 is 2.27 bits per heavy atom. The van der Waals surface area contributed by atoms with Crippen LogP contribution in [0.1, 0.15) is 19.8 Å². The minimum atomic E-state index is 0.0757. The number of rotatable bonds is 4. The van der Waals surface area contributed by atoms with E-state index in [1.807, 2.05) is 6.92 Å². The number of carbonyl (C=O) groups excluding carboxylic acids is 1. The lowest BCUT2D eigenvalue weighted by Crippen LogP contribution is -2.34. The van der Waals surface area contributed by atoms with E-state index in [0.29, 0.717) is 6.54 Å². The second-order valence-corrected chi connectivity index (χ2v) is 2.92. The summed E-state index contributed by atoms with van der Waals surface area (Å²) in [6.45, 7) is 3.23. The van der Waals surface area contributed by atoms with Gasteiger partial charge in [-0.05, 0) is 19.8 Å². The van der Waals surface area contributed by atoms with Crippen molar-refractivity contribution in [2.24, 2.45) is 5.92 Å². The number of aliphatic hydroxyl groups is 1. The Bertz CT molecular complexity index is 143. The second-order valence-electron chi connectivity index (χ2n) is 2.92. The molecule has 0 radical (unpaired) electrons. The lowest BCUT2D eigenvalue weighted by atomic mass is 10.3. The molecule has 0 aromatic heterocycles. The molecule has 64 valence electrons. The Labute approximate surface area is 67.0 Å². The van der Waals surface area contributed by atoms with Gasteiger partial charge in [-0.15, -0.1) is 0 Å². The molecule has 3 heteroatoms. The maximum absolute atomic E-state index is 11.3. The van der Waals surface area contributed by atoms with Crippen LogP contribution >= 0.6 is 0 Å². The molecule has 1 amide bonds. The molecular formula is C8H15NO2. The minimum Gasteiger partial charge on any atom is -0.395 e. The van der Waals surface area contributed by atoms with Gasteiger partial charge in [0.1, 0.15) is 0 Å². The number of hydrogen-bond donors (Lipinski definition) is 1. The molecule has 0 aromatic carbocycles. The van der Waals surface area contributed by atoms with Crippen LogP contribution in [0.4, 0.5) is 0 Å². The quantitative estimate of drug-likeness (QED) is 0.635. The van der Waals surface area contributed by atoms with Crippen LogP contribution in [0, 0.1) is 5.92 Å². The molecular weight excluding hydrogens is 142 g/mol. The molecule has 1 rings (SSSR count). The average molecular weight is 157 g/mol. The van der Waals surface area contributed by atoms with Gasteiger partial charge in [0, 0.05) is 19.0 Å². The van der Waals surface area contributed by atoms with Crippen LogP contribution < -0.4 is 0 Å². The van der Waals surface area contributed by atoms with Gasteiger partial charge in [-0.1, -0.05) is 0 Å². The van der Waals surface area contributed by atoms with E-state index in [2.05, 4.69) is 0 Å². The summed E-state index contributed by atoms with van der Waals surface area (Å²) < 4.78 is 0. The number of carbonyl (C=O) groups is 1. The van der Waals surface area contributed by atoms with Gasteiger partial charge < -0.3 is 10.0 Å². The summed E-state index contributed by atoms with van der Waals surface area (Å²) in [4.78, 5) is 13.1. The summed E-state index contributed by atoms with van der Waals surface area (Å²) in [6.07, 6.45) is 2.08. The van der Waals surface area contributed by atoms with Crippen molar-refractivity contribution >= 4 is 5.91 Å². The normalized spacial score (nSPS) is 16.5. The molecule has 11 heavy (non-hydrogen) atoms. The predicted octanol–water partition coefficient (Wildman–Crippen LogP) is 0.237. The number of amides is 1. The van der Waals surface area contributed by atoms with Crippen molar-refractivity contribution in [2.75, 3.05) is 19.7 Å². The summed E-state index contributed by atoms with van der Waals surface area (Å²) in [5, 5.41) is 8.62. The van der Waals surface area contributed by atoms with Gasteiger partial charge in [0.15, 0.2) is 0 Å². The molecule has 3 nitrogen and oxygen atoms in total. The third-order valence-electron chi connectivity index (χ3n) is 1.99. The highest BCUT2D eigenvalue weighted by molar-refractivity contribution is 5.80. The second kappa shape index (κ2) is 3.72. The van der Waals surface area contributed by atoms with Crippen LogP contribution in [0.25, 0.3) is 0 Å². The molecule has 0 unspecified atom stereocenters. The smallest absolute Gasteiger partial charge is 0.225 e. The zero-order valence-corrected chi connectivity index (χ0v) is 6.92. The van der Waals surface area contributed by atoms with Crippen molar-refractivity contribution in [1.29, 1.82) is 0 Å². The molecule has 0 heterocycles. The van der Waals surface area contributed by atoms with E-state index in [9.17, 15) is 4.79 Å². The lowest BCUT2D eigenvalue weighted by Gasteiger charge is -2.18. The van der Waals surface area contributed by atoms with Gasteiger partial charge in [-0.3, -0.25) is 4.79 Å². The van der Waals surface area contributed by atoms with E-state index in [0.717, 1.165) is 19.4 Å². The van der Waals surface area contributed by atoms with Crippen LogP contribution in [0.2, 0.25) is 0 Å². The van der Waals surface area contributed by atoms with Gasteiger partial charge >= 0.3 is 0 Å². The Balaban J connectivity index is 2.32.